The normalized spacial score (nSPS) is 12.0. The molecule has 0 atom stereocenters. The van der Waals surface area contributed by atoms with Gasteiger partial charge in [0.15, 0.2) is 5.65 Å². The quantitative estimate of drug-likeness (QED) is 0.504. The van der Waals surface area contributed by atoms with Gasteiger partial charge in [-0.3, -0.25) is 9.89 Å². The maximum absolute atomic E-state index is 13.1. The molecule has 28 heavy (non-hydrogen) atoms. The van der Waals surface area contributed by atoms with E-state index in [1.807, 2.05) is 0 Å². The Bertz CT molecular complexity index is 1300. The van der Waals surface area contributed by atoms with Crippen LogP contribution in [0.3, 0.4) is 0 Å². The Morgan fingerprint density at radius 2 is 2.00 bits per heavy atom. The Balaban J connectivity index is 1.96. The fourth-order valence-electron chi connectivity index (χ4n) is 2.85. The number of aromatic amines is 1. The number of H-pyrrole nitrogens is 1. The highest BCUT2D eigenvalue weighted by molar-refractivity contribution is 6.31. The van der Waals surface area contributed by atoms with Gasteiger partial charge in [0, 0.05) is 13.2 Å². The molecule has 0 unspecified atom stereocenters. The zero-order valence-corrected chi connectivity index (χ0v) is 14.8. The second-order valence-electron chi connectivity index (χ2n) is 5.81. The van der Waals surface area contributed by atoms with Gasteiger partial charge >= 0.3 is 12.2 Å². The van der Waals surface area contributed by atoms with Crippen molar-refractivity contribution in [1.29, 1.82) is 0 Å². The number of alkyl halides is 3. The predicted molar refractivity (Wildman–Crippen MR) is 94.8 cm³/mol. The zero-order chi connectivity index (χ0) is 20.2. The molecule has 0 saturated carbocycles. The van der Waals surface area contributed by atoms with E-state index in [4.69, 9.17) is 11.6 Å². The van der Waals surface area contributed by atoms with Crippen LogP contribution in [0, 0.1) is 0 Å². The molecule has 0 saturated heterocycles. The average molecular weight is 411 g/mol. The van der Waals surface area contributed by atoms with Crippen LogP contribution in [0.15, 0.2) is 35.4 Å². The molecule has 1 amide bonds. The van der Waals surface area contributed by atoms with E-state index in [9.17, 15) is 22.8 Å². The third-order valence-electron chi connectivity index (χ3n) is 4.18. The third kappa shape index (κ3) is 2.62. The van der Waals surface area contributed by atoms with Crippen molar-refractivity contribution in [3.8, 4) is 5.69 Å². The Hall–Kier alpha value is -3.34. The SMILES string of the molecule is CNC(=O)n1ncc2c3[nH]n(-c4ccc(Cl)c(C(F)(F)F)c4)c(=O)c3cnc21. The number of amides is 1. The number of nitrogens with zero attached hydrogens (tertiary/aromatic N) is 4. The van der Waals surface area contributed by atoms with Gasteiger partial charge in [-0.05, 0) is 18.2 Å². The van der Waals surface area contributed by atoms with Crippen molar-refractivity contribution in [1.82, 2.24) is 29.9 Å². The van der Waals surface area contributed by atoms with E-state index in [0.29, 0.717) is 5.39 Å². The van der Waals surface area contributed by atoms with Crippen LogP contribution in [0.1, 0.15) is 5.56 Å². The molecule has 0 radical (unpaired) electrons. The summed E-state index contributed by atoms with van der Waals surface area (Å²) in [5.41, 5.74) is -1.24. The summed E-state index contributed by atoms with van der Waals surface area (Å²) in [5, 5.41) is 9.11. The summed E-state index contributed by atoms with van der Waals surface area (Å²) in [5.74, 6) is 0. The van der Waals surface area contributed by atoms with Gasteiger partial charge in [0.1, 0.15) is 0 Å². The summed E-state index contributed by atoms with van der Waals surface area (Å²) in [6, 6.07) is 2.59. The number of pyridine rings is 1. The van der Waals surface area contributed by atoms with Crippen LogP contribution in [-0.4, -0.2) is 37.6 Å². The van der Waals surface area contributed by atoms with E-state index in [1.165, 1.54) is 25.5 Å². The Morgan fingerprint density at radius 1 is 1.25 bits per heavy atom. The van der Waals surface area contributed by atoms with Crippen LogP contribution >= 0.6 is 11.6 Å². The van der Waals surface area contributed by atoms with E-state index in [2.05, 4.69) is 20.5 Å². The molecule has 0 aliphatic carbocycles. The maximum atomic E-state index is 13.1. The van der Waals surface area contributed by atoms with Crippen LogP contribution < -0.4 is 10.9 Å². The van der Waals surface area contributed by atoms with Crippen LogP contribution in [0.5, 0.6) is 0 Å². The van der Waals surface area contributed by atoms with Gasteiger partial charge in [0.05, 0.1) is 38.8 Å². The smallest absolute Gasteiger partial charge is 0.339 e. The van der Waals surface area contributed by atoms with Gasteiger partial charge in [-0.15, -0.1) is 0 Å². The molecule has 2 N–H and O–H groups in total. The molecule has 0 fully saturated rings. The van der Waals surface area contributed by atoms with E-state index in [-0.39, 0.29) is 22.2 Å². The lowest BCUT2D eigenvalue weighted by Crippen LogP contribution is -2.25. The second-order valence-corrected chi connectivity index (χ2v) is 6.22. The van der Waals surface area contributed by atoms with Crippen molar-refractivity contribution in [2.24, 2.45) is 0 Å². The average Bonchev–Trinajstić information content (AvgIpc) is 3.22. The van der Waals surface area contributed by atoms with Crippen molar-refractivity contribution < 1.29 is 18.0 Å². The van der Waals surface area contributed by atoms with E-state index >= 15 is 0 Å². The van der Waals surface area contributed by atoms with E-state index in [0.717, 1.165) is 21.5 Å². The number of halogens is 4. The molecule has 0 spiro atoms. The third-order valence-corrected chi connectivity index (χ3v) is 4.50. The number of carbonyl (C=O) groups excluding carboxylic acids is 1. The van der Waals surface area contributed by atoms with Crippen LogP contribution in [0.25, 0.3) is 27.6 Å². The predicted octanol–water partition coefficient (Wildman–Crippen LogP) is 2.92. The highest BCUT2D eigenvalue weighted by Gasteiger charge is 2.33. The molecule has 12 heteroatoms. The van der Waals surface area contributed by atoms with Gasteiger partial charge in [-0.2, -0.15) is 23.0 Å². The van der Waals surface area contributed by atoms with Crippen LogP contribution in [0.2, 0.25) is 5.02 Å². The lowest BCUT2D eigenvalue weighted by atomic mass is 10.2. The molecule has 4 aromatic rings. The van der Waals surface area contributed by atoms with Crippen LogP contribution in [0.4, 0.5) is 18.0 Å². The summed E-state index contributed by atoms with van der Waals surface area (Å²) in [4.78, 5) is 28.6. The first-order valence-electron chi connectivity index (χ1n) is 7.79. The second kappa shape index (κ2) is 6.09. The number of fused-ring (bicyclic) bond motifs is 3. The number of benzene rings is 1. The maximum Gasteiger partial charge on any atom is 0.417 e. The summed E-state index contributed by atoms with van der Waals surface area (Å²) in [6.45, 7) is 0. The van der Waals surface area contributed by atoms with E-state index < -0.39 is 28.4 Å². The molecular formula is C16H10ClF3N6O2. The monoisotopic (exact) mass is 410 g/mol. The van der Waals surface area contributed by atoms with Crippen molar-refractivity contribution in [3.05, 3.63) is 51.5 Å². The lowest BCUT2D eigenvalue weighted by Gasteiger charge is -2.10. The molecule has 3 heterocycles. The molecule has 3 aromatic heterocycles. The van der Waals surface area contributed by atoms with Gasteiger partial charge in [-0.1, -0.05) is 11.6 Å². The number of rotatable bonds is 1. The van der Waals surface area contributed by atoms with Crippen molar-refractivity contribution in [2.45, 2.75) is 6.18 Å². The first-order chi connectivity index (χ1) is 13.2. The molecule has 8 nitrogen and oxygen atoms in total. The molecule has 1 aromatic carbocycles. The minimum atomic E-state index is -4.67. The van der Waals surface area contributed by atoms with E-state index in [1.54, 1.807) is 0 Å². The molecule has 144 valence electrons. The number of hydrogen-bond donors (Lipinski definition) is 2. The number of aromatic nitrogens is 5. The lowest BCUT2D eigenvalue weighted by molar-refractivity contribution is -0.137. The molecule has 0 bridgehead atoms. The van der Waals surface area contributed by atoms with Crippen molar-refractivity contribution >= 4 is 39.6 Å². The topological polar surface area (TPSA) is 97.6 Å². The van der Waals surface area contributed by atoms with Gasteiger partial charge in [0.2, 0.25) is 0 Å². The summed E-state index contributed by atoms with van der Waals surface area (Å²) < 4.78 is 41.3. The van der Waals surface area contributed by atoms with Gasteiger partial charge in [0.25, 0.3) is 5.56 Å². The Kier molecular flexibility index (Phi) is 3.93. The highest BCUT2D eigenvalue weighted by atomic mass is 35.5. The van der Waals surface area contributed by atoms with Gasteiger partial charge < -0.3 is 5.32 Å². The number of carbonyl (C=O) groups is 1. The standard InChI is InChI=1S/C16H10ClF3N6O2/c1-21-15(28)26-13-8(6-23-26)12-9(5-22-13)14(27)25(24-12)7-2-3-11(17)10(4-7)16(18,19)20/h2-6,24H,1H3,(H,21,28). The first kappa shape index (κ1) is 18.0. The molecule has 4 rings (SSSR count). The van der Waals surface area contributed by atoms with Crippen molar-refractivity contribution in [3.63, 3.8) is 0 Å². The fraction of sp³-hybridized carbons (Fsp3) is 0.125. The molecule has 0 aliphatic rings. The van der Waals surface area contributed by atoms with Crippen LogP contribution in [-0.2, 0) is 6.18 Å². The molecule has 0 aliphatic heterocycles. The number of hydrogen-bond acceptors (Lipinski definition) is 4. The zero-order valence-electron chi connectivity index (χ0n) is 14.0. The summed E-state index contributed by atoms with van der Waals surface area (Å²) in [6.07, 6.45) is -2.11. The fourth-order valence-corrected chi connectivity index (χ4v) is 3.07. The Morgan fingerprint density at radius 3 is 2.68 bits per heavy atom. The first-order valence-corrected chi connectivity index (χ1v) is 8.17. The number of nitrogens with one attached hydrogen (secondary N) is 2. The highest BCUT2D eigenvalue weighted by Crippen LogP contribution is 2.35. The van der Waals surface area contributed by atoms with Crippen molar-refractivity contribution in [2.75, 3.05) is 7.05 Å². The minimum Gasteiger partial charge on any atom is -0.339 e. The van der Waals surface area contributed by atoms with Gasteiger partial charge in [-0.25, -0.2) is 14.5 Å². The summed E-state index contributed by atoms with van der Waals surface area (Å²) >= 11 is 5.63. The largest absolute Gasteiger partial charge is 0.417 e. The summed E-state index contributed by atoms with van der Waals surface area (Å²) in [7, 11) is 1.42. The minimum absolute atomic E-state index is 0.0511. The Labute approximate surface area is 158 Å². The molecular weight excluding hydrogens is 401 g/mol.